The van der Waals surface area contributed by atoms with Crippen LogP contribution in [0.25, 0.3) is 0 Å². The van der Waals surface area contributed by atoms with Gasteiger partial charge < -0.3 is 14.8 Å². The molecule has 3 heteroatoms. The van der Waals surface area contributed by atoms with Crippen molar-refractivity contribution in [3.05, 3.63) is 29.3 Å². The predicted octanol–water partition coefficient (Wildman–Crippen LogP) is 3.12. The second-order valence-corrected chi connectivity index (χ2v) is 5.18. The van der Waals surface area contributed by atoms with E-state index in [9.17, 15) is 0 Å². The number of rotatable bonds is 9. The van der Waals surface area contributed by atoms with E-state index in [1.54, 1.807) is 7.11 Å². The van der Waals surface area contributed by atoms with Gasteiger partial charge in [-0.1, -0.05) is 19.9 Å². The second-order valence-electron chi connectivity index (χ2n) is 5.18. The molecule has 0 atom stereocenters. The van der Waals surface area contributed by atoms with E-state index < -0.39 is 0 Å². The summed E-state index contributed by atoms with van der Waals surface area (Å²) in [5.41, 5.74) is 2.60. The molecule has 0 unspecified atom stereocenters. The first-order valence-corrected chi connectivity index (χ1v) is 7.07. The molecular formula is C16H27NO2. The van der Waals surface area contributed by atoms with Crippen LogP contribution in [-0.2, 0) is 4.74 Å². The quantitative estimate of drug-likeness (QED) is 0.696. The van der Waals surface area contributed by atoms with Crippen LogP contribution in [0.5, 0.6) is 5.75 Å². The number of benzene rings is 1. The van der Waals surface area contributed by atoms with Gasteiger partial charge in [0, 0.05) is 13.7 Å². The molecule has 0 aliphatic carbocycles. The van der Waals surface area contributed by atoms with Gasteiger partial charge in [-0.25, -0.2) is 0 Å². The predicted molar refractivity (Wildman–Crippen MR) is 80.1 cm³/mol. The van der Waals surface area contributed by atoms with Crippen molar-refractivity contribution in [2.75, 3.05) is 33.4 Å². The third kappa shape index (κ3) is 6.60. The largest absolute Gasteiger partial charge is 0.494 e. The summed E-state index contributed by atoms with van der Waals surface area (Å²) in [6, 6.07) is 6.48. The van der Waals surface area contributed by atoms with E-state index in [0.717, 1.165) is 38.5 Å². The van der Waals surface area contributed by atoms with Crippen molar-refractivity contribution in [3.63, 3.8) is 0 Å². The van der Waals surface area contributed by atoms with E-state index in [4.69, 9.17) is 9.47 Å². The average Bonchev–Trinajstić information content (AvgIpc) is 2.37. The highest BCUT2D eigenvalue weighted by Crippen LogP contribution is 2.22. The lowest BCUT2D eigenvalue weighted by atomic mass is 10.0. The van der Waals surface area contributed by atoms with Gasteiger partial charge in [-0.15, -0.1) is 0 Å². The average molecular weight is 265 g/mol. The summed E-state index contributed by atoms with van der Waals surface area (Å²) in [6.07, 6.45) is 1.01. The highest BCUT2D eigenvalue weighted by molar-refractivity contribution is 5.35. The molecule has 1 N–H and O–H groups in total. The topological polar surface area (TPSA) is 30.5 Å². The van der Waals surface area contributed by atoms with E-state index in [0.29, 0.717) is 5.92 Å². The minimum Gasteiger partial charge on any atom is -0.494 e. The Bertz CT molecular complexity index is 364. The summed E-state index contributed by atoms with van der Waals surface area (Å²) in [6.45, 7) is 9.91. The van der Waals surface area contributed by atoms with Gasteiger partial charge in [-0.3, -0.25) is 0 Å². The lowest BCUT2D eigenvalue weighted by molar-refractivity contribution is 0.198. The van der Waals surface area contributed by atoms with Crippen molar-refractivity contribution >= 4 is 0 Å². The normalized spacial score (nSPS) is 11.0. The van der Waals surface area contributed by atoms with E-state index >= 15 is 0 Å². The van der Waals surface area contributed by atoms with Crippen molar-refractivity contribution in [1.82, 2.24) is 5.32 Å². The SMILES string of the molecule is COCCNCCCOc1cc(C)cc(C(C)C)c1. The van der Waals surface area contributed by atoms with Crippen LogP contribution < -0.4 is 10.1 Å². The molecule has 19 heavy (non-hydrogen) atoms. The number of hydrogen-bond donors (Lipinski definition) is 1. The Morgan fingerprint density at radius 1 is 1.11 bits per heavy atom. The first-order valence-electron chi connectivity index (χ1n) is 7.07. The van der Waals surface area contributed by atoms with Crippen LogP contribution in [0.2, 0.25) is 0 Å². The summed E-state index contributed by atoms with van der Waals surface area (Å²) >= 11 is 0. The molecule has 0 aromatic heterocycles. The van der Waals surface area contributed by atoms with Crippen LogP contribution in [0.3, 0.4) is 0 Å². The maximum atomic E-state index is 5.81. The van der Waals surface area contributed by atoms with Crippen LogP contribution in [0.4, 0.5) is 0 Å². The highest BCUT2D eigenvalue weighted by Gasteiger charge is 2.03. The number of hydrogen-bond acceptors (Lipinski definition) is 3. The van der Waals surface area contributed by atoms with Crippen LogP contribution in [0.1, 0.15) is 37.3 Å². The number of aryl methyl sites for hydroxylation is 1. The monoisotopic (exact) mass is 265 g/mol. The molecule has 1 aromatic rings. The minimum absolute atomic E-state index is 0.540. The van der Waals surface area contributed by atoms with Gasteiger partial charge in [0.25, 0.3) is 0 Å². The molecular weight excluding hydrogens is 238 g/mol. The fourth-order valence-corrected chi connectivity index (χ4v) is 1.88. The van der Waals surface area contributed by atoms with Crippen molar-refractivity contribution in [3.8, 4) is 5.75 Å². The standard InChI is InChI=1S/C16H27NO2/c1-13(2)15-10-14(3)11-16(12-15)19-8-5-6-17-7-9-18-4/h10-13,17H,5-9H2,1-4H3. The van der Waals surface area contributed by atoms with Crippen molar-refractivity contribution in [1.29, 1.82) is 0 Å². The second kappa shape index (κ2) is 8.94. The molecule has 0 bridgehead atoms. The van der Waals surface area contributed by atoms with E-state index in [2.05, 4.69) is 44.3 Å². The molecule has 1 aromatic carbocycles. The molecule has 0 aliphatic heterocycles. The van der Waals surface area contributed by atoms with Gasteiger partial charge in [0.05, 0.1) is 13.2 Å². The van der Waals surface area contributed by atoms with E-state index in [1.807, 2.05) is 0 Å². The van der Waals surface area contributed by atoms with Crippen molar-refractivity contribution in [2.24, 2.45) is 0 Å². The van der Waals surface area contributed by atoms with Gasteiger partial charge >= 0.3 is 0 Å². The maximum absolute atomic E-state index is 5.81. The fourth-order valence-electron chi connectivity index (χ4n) is 1.88. The molecule has 0 fully saturated rings. The molecule has 1 rings (SSSR count). The fraction of sp³-hybridized carbons (Fsp3) is 0.625. The van der Waals surface area contributed by atoms with E-state index in [1.165, 1.54) is 11.1 Å². The third-order valence-corrected chi connectivity index (χ3v) is 2.99. The first-order chi connectivity index (χ1) is 9.13. The molecule has 0 spiro atoms. The lowest BCUT2D eigenvalue weighted by Crippen LogP contribution is -2.21. The summed E-state index contributed by atoms with van der Waals surface area (Å²) < 4.78 is 10.8. The Kier molecular flexibility index (Phi) is 7.53. The van der Waals surface area contributed by atoms with Crippen LogP contribution in [-0.4, -0.2) is 33.4 Å². The molecule has 0 saturated heterocycles. The zero-order chi connectivity index (χ0) is 14.1. The van der Waals surface area contributed by atoms with Gasteiger partial charge in [-0.2, -0.15) is 0 Å². The zero-order valence-electron chi connectivity index (χ0n) is 12.7. The van der Waals surface area contributed by atoms with Crippen LogP contribution in [0.15, 0.2) is 18.2 Å². The first kappa shape index (κ1) is 16.0. The lowest BCUT2D eigenvalue weighted by Gasteiger charge is -2.12. The molecule has 0 heterocycles. The smallest absolute Gasteiger partial charge is 0.119 e. The van der Waals surface area contributed by atoms with Crippen molar-refractivity contribution < 1.29 is 9.47 Å². The molecule has 0 amide bonds. The highest BCUT2D eigenvalue weighted by atomic mass is 16.5. The maximum Gasteiger partial charge on any atom is 0.119 e. The molecule has 0 aliphatic rings. The Balaban J connectivity index is 2.29. The Morgan fingerprint density at radius 3 is 2.58 bits per heavy atom. The number of methoxy groups -OCH3 is 1. The summed E-state index contributed by atoms with van der Waals surface area (Å²) in [5, 5.41) is 3.31. The van der Waals surface area contributed by atoms with Gasteiger partial charge in [0.15, 0.2) is 0 Å². The Labute approximate surface area is 117 Å². The van der Waals surface area contributed by atoms with Crippen LogP contribution >= 0.6 is 0 Å². The Hall–Kier alpha value is -1.06. The molecule has 3 nitrogen and oxygen atoms in total. The number of nitrogens with one attached hydrogen (secondary N) is 1. The van der Waals surface area contributed by atoms with Gasteiger partial charge in [0.2, 0.25) is 0 Å². The minimum atomic E-state index is 0.540. The Morgan fingerprint density at radius 2 is 1.89 bits per heavy atom. The molecule has 108 valence electrons. The third-order valence-electron chi connectivity index (χ3n) is 2.99. The summed E-state index contributed by atoms with van der Waals surface area (Å²) in [5.74, 6) is 1.53. The van der Waals surface area contributed by atoms with Gasteiger partial charge in [0.1, 0.15) is 5.75 Å². The van der Waals surface area contributed by atoms with Gasteiger partial charge in [-0.05, 0) is 49.1 Å². The summed E-state index contributed by atoms with van der Waals surface area (Å²) in [4.78, 5) is 0. The molecule has 0 saturated carbocycles. The summed E-state index contributed by atoms with van der Waals surface area (Å²) in [7, 11) is 1.72. The number of ether oxygens (including phenoxy) is 2. The van der Waals surface area contributed by atoms with E-state index in [-0.39, 0.29) is 0 Å². The zero-order valence-corrected chi connectivity index (χ0v) is 12.7. The van der Waals surface area contributed by atoms with Crippen molar-refractivity contribution in [2.45, 2.75) is 33.1 Å². The van der Waals surface area contributed by atoms with Crippen LogP contribution in [0, 0.1) is 6.92 Å². The molecule has 0 radical (unpaired) electrons.